The molecule has 0 bridgehead atoms. The van der Waals surface area contributed by atoms with E-state index in [1.54, 1.807) is 13.4 Å². The van der Waals surface area contributed by atoms with Crippen LogP contribution < -0.4 is 15.5 Å². The number of aryl methyl sites for hydroxylation is 1. The molecule has 0 unspecified atom stereocenters. The number of piperazine rings is 1. The third-order valence-corrected chi connectivity index (χ3v) is 4.98. The minimum Gasteiger partial charge on any atom is -0.355 e. The molecular formula is C19H31N9. The molecule has 0 atom stereocenters. The van der Waals surface area contributed by atoms with E-state index in [9.17, 15) is 0 Å². The first-order chi connectivity index (χ1) is 13.7. The van der Waals surface area contributed by atoms with Gasteiger partial charge < -0.3 is 25.0 Å². The predicted octanol–water partition coefficient (Wildman–Crippen LogP) is 0.353. The van der Waals surface area contributed by atoms with Crippen LogP contribution in [-0.4, -0.2) is 77.4 Å². The van der Waals surface area contributed by atoms with Crippen LogP contribution in [0.25, 0.3) is 0 Å². The molecule has 0 spiro atoms. The molecule has 1 fully saturated rings. The minimum absolute atomic E-state index is 0.683. The summed E-state index contributed by atoms with van der Waals surface area (Å²) in [5.41, 5.74) is 1.13. The van der Waals surface area contributed by atoms with E-state index in [1.165, 1.54) is 0 Å². The van der Waals surface area contributed by atoms with Gasteiger partial charge in [-0.05, 0) is 18.7 Å². The molecule has 2 aromatic heterocycles. The predicted molar refractivity (Wildman–Crippen MR) is 112 cm³/mol. The van der Waals surface area contributed by atoms with Crippen LogP contribution in [0.15, 0.2) is 29.6 Å². The van der Waals surface area contributed by atoms with Crippen molar-refractivity contribution >= 4 is 11.8 Å². The van der Waals surface area contributed by atoms with Crippen LogP contribution in [0, 0.1) is 0 Å². The molecule has 1 saturated heterocycles. The molecule has 3 heterocycles. The van der Waals surface area contributed by atoms with Gasteiger partial charge in [0.25, 0.3) is 0 Å². The van der Waals surface area contributed by atoms with Gasteiger partial charge in [-0.1, -0.05) is 13.0 Å². The summed E-state index contributed by atoms with van der Waals surface area (Å²) >= 11 is 0. The summed E-state index contributed by atoms with van der Waals surface area (Å²) in [7, 11) is 3.94. The van der Waals surface area contributed by atoms with Gasteiger partial charge in [-0.2, -0.15) is 0 Å². The fourth-order valence-electron chi connectivity index (χ4n) is 3.18. The summed E-state index contributed by atoms with van der Waals surface area (Å²) in [5, 5.41) is 14.7. The molecular weight excluding hydrogens is 354 g/mol. The van der Waals surface area contributed by atoms with Gasteiger partial charge >= 0.3 is 0 Å². The van der Waals surface area contributed by atoms with E-state index in [0.717, 1.165) is 68.9 Å². The molecule has 2 N–H and O–H groups in total. The number of aliphatic imine (C=N–C) groups is 1. The summed E-state index contributed by atoms with van der Waals surface area (Å²) in [6, 6.07) is 4.24. The number of nitrogens with one attached hydrogen (secondary N) is 2. The summed E-state index contributed by atoms with van der Waals surface area (Å²) < 4.78 is 2.06. The maximum absolute atomic E-state index is 4.64. The van der Waals surface area contributed by atoms with Crippen molar-refractivity contribution in [3.63, 3.8) is 0 Å². The average Bonchev–Trinajstić information content (AvgIpc) is 3.19. The molecule has 0 aromatic carbocycles. The number of rotatable bonds is 7. The Hall–Kier alpha value is -2.68. The van der Waals surface area contributed by atoms with Gasteiger partial charge in [-0.15, -0.1) is 10.2 Å². The third-order valence-electron chi connectivity index (χ3n) is 4.98. The number of guanidine groups is 1. The van der Waals surface area contributed by atoms with Crippen LogP contribution in [0.4, 0.5) is 5.82 Å². The Morgan fingerprint density at radius 3 is 2.68 bits per heavy atom. The largest absolute Gasteiger partial charge is 0.355 e. The first-order valence-electron chi connectivity index (χ1n) is 9.89. The molecule has 9 nitrogen and oxygen atoms in total. The summed E-state index contributed by atoms with van der Waals surface area (Å²) in [4.78, 5) is 13.6. The Morgan fingerprint density at radius 1 is 1.18 bits per heavy atom. The van der Waals surface area contributed by atoms with Gasteiger partial charge in [-0.3, -0.25) is 4.99 Å². The Morgan fingerprint density at radius 2 is 2.00 bits per heavy atom. The lowest BCUT2D eigenvalue weighted by Crippen LogP contribution is -2.44. The highest BCUT2D eigenvalue weighted by molar-refractivity contribution is 5.79. The highest BCUT2D eigenvalue weighted by atomic mass is 15.3. The number of likely N-dealkylation sites (N-methyl/N-ethyl adjacent to an activating group) is 1. The smallest absolute Gasteiger partial charge is 0.191 e. The van der Waals surface area contributed by atoms with Crippen molar-refractivity contribution in [2.75, 3.05) is 51.7 Å². The van der Waals surface area contributed by atoms with Crippen LogP contribution in [0.3, 0.4) is 0 Å². The minimum atomic E-state index is 0.683. The van der Waals surface area contributed by atoms with Gasteiger partial charge in [-0.25, -0.2) is 4.98 Å². The topological polar surface area (TPSA) is 86.5 Å². The SMILES string of the molecule is CCc1nncn1CCNC(=NC)NCc1ccc(N2CCN(C)CC2)nc1. The molecule has 0 saturated carbocycles. The van der Waals surface area contributed by atoms with Crippen molar-refractivity contribution in [3.05, 3.63) is 36.0 Å². The number of pyridine rings is 1. The van der Waals surface area contributed by atoms with Crippen LogP contribution in [-0.2, 0) is 19.5 Å². The van der Waals surface area contributed by atoms with E-state index >= 15 is 0 Å². The van der Waals surface area contributed by atoms with Gasteiger partial charge in [0.2, 0.25) is 0 Å². The number of nitrogens with zero attached hydrogens (tertiary/aromatic N) is 7. The van der Waals surface area contributed by atoms with Gasteiger partial charge in [0.15, 0.2) is 5.96 Å². The first kappa shape index (κ1) is 20.1. The fourth-order valence-corrected chi connectivity index (χ4v) is 3.18. The van der Waals surface area contributed by atoms with E-state index in [0.29, 0.717) is 6.54 Å². The van der Waals surface area contributed by atoms with Gasteiger partial charge in [0.1, 0.15) is 18.0 Å². The maximum Gasteiger partial charge on any atom is 0.191 e. The average molecular weight is 386 g/mol. The van der Waals surface area contributed by atoms with Crippen LogP contribution >= 0.6 is 0 Å². The van der Waals surface area contributed by atoms with E-state index in [2.05, 4.69) is 71.3 Å². The lowest BCUT2D eigenvalue weighted by atomic mass is 10.2. The Kier molecular flexibility index (Phi) is 7.18. The van der Waals surface area contributed by atoms with Crippen molar-refractivity contribution in [3.8, 4) is 0 Å². The second kappa shape index (κ2) is 10.0. The van der Waals surface area contributed by atoms with Gasteiger partial charge in [0, 0.05) is 65.5 Å². The molecule has 1 aliphatic rings. The standard InChI is InChI=1S/C19H31N9/c1-4-17-25-24-15-28(17)8-7-21-19(20-2)23-14-16-5-6-18(22-13-16)27-11-9-26(3)10-12-27/h5-6,13,15H,4,7-12,14H2,1-3H3,(H2,20,21,23). The quantitative estimate of drug-likeness (QED) is 0.525. The van der Waals surface area contributed by atoms with Crippen LogP contribution in [0.5, 0.6) is 0 Å². The van der Waals surface area contributed by atoms with Crippen molar-refractivity contribution < 1.29 is 0 Å². The summed E-state index contributed by atoms with van der Waals surface area (Å²) in [5.74, 6) is 2.82. The molecule has 0 radical (unpaired) electrons. The highest BCUT2D eigenvalue weighted by Gasteiger charge is 2.14. The van der Waals surface area contributed by atoms with E-state index in [-0.39, 0.29) is 0 Å². The van der Waals surface area contributed by atoms with Crippen molar-refractivity contribution in [1.82, 2.24) is 35.3 Å². The highest BCUT2D eigenvalue weighted by Crippen LogP contribution is 2.13. The second-order valence-corrected chi connectivity index (χ2v) is 6.96. The number of aromatic nitrogens is 4. The molecule has 0 aliphatic carbocycles. The zero-order valence-electron chi connectivity index (χ0n) is 17.1. The molecule has 3 rings (SSSR count). The monoisotopic (exact) mass is 385 g/mol. The normalized spacial score (nSPS) is 15.7. The molecule has 0 amide bonds. The van der Waals surface area contributed by atoms with Gasteiger partial charge in [0.05, 0.1) is 0 Å². The molecule has 1 aliphatic heterocycles. The molecule has 2 aromatic rings. The molecule has 9 heteroatoms. The fraction of sp³-hybridized carbons (Fsp3) is 0.579. The van der Waals surface area contributed by atoms with Crippen LogP contribution in [0.1, 0.15) is 18.3 Å². The lowest BCUT2D eigenvalue weighted by Gasteiger charge is -2.33. The zero-order chi connectivity index (χ0) is 19.8. The van der Waals surface area contributed by atoms with Crippen molar-refractivity contribution in [1.29, 1.82) is 0 Å². The summed E-state index contributed by atoms with van der Waals surface area (Å²) in [6.07, 6.45) is 4.59. The van der Waals surface area contributed by atoms with Crippen molar-refractivity contribution in [2.45, 2.75) is 26.4 Å². The van der Waals surface area contributed by atoms with E-state index < -0.39 is 0 Å². The third kappa shape index (κ3) is 5.41. The first-order valence-corrected chi connectivity index (χ1v) is 9.89. The lowest BCUT2D eigenvalue weighted by molar-refractivity contribution is 0.312. The van der Waals surface area contributed by atoms with E-state index in [1.807, 2.05) is 6.20 Å². The number of hydrogen-bond donors (Lipinski definition) is 2. The number of anilines is 1. The molecule has 152 valence electrons. The Balaban J connectivity index is 1.43. The Labute approximate surface area is 166 Å². The molecule has 28 heavy (non-hydrogen) atoms. The maximum atomic E-state index is 4.64. The van der Waals surface area contributed by atoms with Crippen molar-refractivity contribution in [2.24, 2.45) is 4.99 Å². The van der Waals surface area contributed by atoms with E-state index in [4.69, 9.17) is 0 Å². The van der Waals surface area contributed by atoms with Crippen LogP contribution in [0.2, 0.25) is 0 Å². The zero-order valence-corrected chi connectivity index (χ0v) is 17.1. The number of hydrogen-bond acceptors (Lipinski definition) is 6. The Bertz CT molecular complexity index is 745. The summed E-state index contributed by atoms with van der Waals surface area (Å²) in [6.45, 7) is 8.56. The second-order valence-electron chi connectivity index (χ2n) is 6.96.